The first-order chi connectivity index (χ1) is 17.0. The molecule has 0 unspecified atom stereocenters. The van der Waals surface area contributed by atoms with Crippen molar-refractivity contribution in [2.75, 3.05) is 31.6 Å². The van der Waals surface area contributed by atoms with Crippen molar-refractivity contribution in [2.45, 2.75) is 12.0 Å². The number of aliphatic carboxylic acids is 1. The first-order valence-corrected chi connectivity index (χ1v) is 11.2. The van der Waals surface area contributed by atoms with Gasteiger partial charge in [0.2, 0.25) is 0 Å². The fourth-order valence-electron chi connectivity index (χ4n) is 4.41. The number of carbonyl (C=O) groups is 3. The van der Waals surface area contributed by atoms with E-state index in [-0.39, 0.29) is 36.8 Å². The number of rotatable bonds is 7. The van der Waals surface area contributed by atoms with Crippen LogP contribution in [0.1, 0.15) is 27.5 Å². The minimum atomic E-state index is -1.05. The number of aromatic nitrogens is 1. The molecule has 1 aliphatic heterocycles. The Labute approximate surface area is 201 Å². The quantitative estimate of drug-likeness (QED) is 0.540. The molecule has 3 aromatic rings. The molecular weight excluding hydrogens is 450 g/mol. The number of anilines is 1. The minimum Gasteiger partial charge on any atom is -0.480 e. The van der Waals surface area contributed by atoms with Gasteiger partial charge in [0.25, 0.3) is 5.91 Å². The van der Waals surface area contributed by atoms with Crippen molar-refractivity contribution < 1.29 is 29.0 Å². The number of hydrogen-bond acceptors (Lipinski definition) is 6. The largest absolute Gasteiger partial charge is 0.480 e. The van der Waals surface area contributed by atoms with Crippen LogP contribution in [0.25, 0.3) is 11.1 Å². The number of fused-ring (bicyclic) bond motifs is 3. The fraction of sp³-hybridized carbons (Fsp3) is 0.231. The summed E-state index contributed by atoms with van der Waals surface area (Å²) in [6, 6.07) is 19.3. The van der Waals surface area contributed by atoms with E-state index in [1.807, 2.05) is 24.3 Å². The Morgan fingerprint density at radius 3 is 2.23 bits per heavy atom. The van der Waals surface area contributed by atoms with Gasteiger partial charge in [-0.3, -0.25) is 10.1 Å². The highest BCUT2D eigenvalue weighted by atomic mass is 16.5. The second-order valence-corrected chi connectivity index (χ2v) is 8.42. The number of benzene rings is 2. The van der Waals surface area contributed by atoms with Crippen LogP contribution in [-0.4, -0.2) is 65.4 Å². The predicted molar refractivity (Wildman–Crippen MR) is 126 cm³/mol. The van der Waals surface area contributed by atoms with E-state index < -0.39 is 12.1 Å². The predicted octanol–water partition coefficient (Wildman–Crippen LogP) is 3.37. The van der Waals surface area contributed by atoms with Crippen LogP contribution in [0.15, 0.2) is 66.9 Å². The topological polar surface area (TPSA) is 118 Å². The molecule has 9 nitrogen and oxygen atoms in total. The Morgan fingerprint density at radius 2 is 1.63 bits per heavy atom. The Balaban J connectivity index is 1.14. The Kier molecular flexibility index (Phi) is 6.15. The van der Waals surface area contributed by atoms with Gasteiger partial charge in [-0.15, -0.1) is 0 Å². The van der Waals surface area contributed by atoms with Gasteiger partial charge in [0.15, 0.2) is 0 Å². The second-order valence-electron chi connectivity index (χ2n) is 8.42. The van der Waals surface area contributed by atoms with E-state index in [9.17, 15) is 14.4 Å². The maximum Gasteiger partial charge on any atom is 0.411 e. The molecule has 35 heavy (non-hydrogen) atoms. The molecule has 0 bridgehead atoms. The highest BCUT2D eigenvalue weighted by molar-refractivity contribution is 5.93. The maximum absolute atomic E-state index is 12.5. The molecule has 5 rings (SSSR count). The number of pyridine rings is 1. The molecule has 2 N–H and O–H groups in total. The van der Waals surface area contributed by atoms with Gasteiger partial charge < -0.3 is 19.5 Å². The zero-order valence-corrected chi connectivity index (χ0v) is 18.7. The molecule has 2 aromatic carbocycles. The van der Waals surface area contributed by atoms with Gasteiger partial charge in [0.1, 0.15) is 18.9 Å². The Morgan fingerprint density at radius 1 is 0.971 bits per heavy atom. The van der Waals surface area contributed by atoms with E-state index in [4.69, 9.17) is 14.6 Å². The molecule has 0 radical (unpaired) electrons. The SMILES string of the molecule is O=C(O)COC1CN(C(=O)c2ccc(NC(=O)OCC3c4ccccc4-c4ccccc43)cn2)C1. The van der Waals surface area contributed by atoms with Gasteiger partial charge in [-0.25, -0.2) is 14.6 Å². The highest BCUT2D eigenvalue weighted by Gasteiger charge is 2.33. The monoisotopic (exact) mass is 473 g/mol. The van der Waals surface area contributed by atoms with E-state index >= 15 is 0 Å². The lowest BCUT2D eigenvalue weighted by molar-refractivity contribution is -0.147. The molecule has 2 amide bonds. The molecule has 1 fully saturated rings. The van der Waals surface area contributed by atoms with E-state index in [1.165, 1.54) is 17.2 Å². The molecule has 1 saturated heterocycles. The number of ether oxygens (including phenoxy) is 2. The highest BCUT2D eigenvalue weighted by Crippen LogP contribution is 2.44. The number of hydrogen-bond donors (Lipinski definition) is 2. The third-order valence-electron chi connectivity index (χ3n) is 6.15. The summed E-state index contributed by atoms with van der Waals surface area (Å²) < 4.78 is 10.7. The minimum absolute atomic E-state index is 0.0360. The van der Waals surface area contributed by atoms with Crippen molar-refractivity contribution in [1.29, 1.82) is 0 Å². The lowest BCUT2D eigenvalue weighted by atomic mass is 9.98. The van der Waals surface area contributed by atoms with Crippen LogP contribution in [0, 0.1) is 0 Å². The van der Waals surface area contributed by atoms with Crippen LogP contribution in [0.4, 0.5) is 10.5 Å². The number of nitrogens with zero attached hydrogens (tertiary/aromatic N) is 2. The van der Waals surface area contributed by atoms with Gasteiger partial charge in [-0.2, -0.15) is 0 Å². The van der Waals surface area contributed by atoms with Crippen molar-refractivity contribution in [3.8, 4) is 11.1 Å². The van der Waals surface area contributed by atoms with Crippen molar-refractivity contribution in [3.05, 3.63) is 83.7 Å². The van der Waals surface area contributed by atoms with Crippen LogP contribution in [0.5, 0.6) is 0 Å². The fourth-order valence-corrected chi connectivity index (χ4v) is 4.41. The van der Waals surface area contributed by atoms with Crippen LogP contribution >= 0.6 is 0 Å². The number of carboxylic acid groups (broad SMARTS) is 1. The Bertz CT molecular complexity index is 1220. The lowest BCUT2D eigenvalue weighted by Crippen LogP contribution is -2.55. The third kappa shape index (κ3) is 4.71. The first kappa shape index (κ1) is 22.5. The van der Waals surface area contributed by atoms with Crippen molar-refractivity contribution >= 4 is 23.7 Å². The number of nitrogens with one attached hydrogen (secondary N) is 1. The van der Waals surface area contributed by atoms with Crippen LogP contribution < -0.4 is 5.32 Å². The Hall–Kier alpha value is -4.24. The molecule has 178 valence electrons. The van der Waals surface area contributed by atoms with Gasteiger partial charge >= 0.3 is 12.1 Å². The zero-order chi connectivity index (χ0) is 24.4. The van der Waals surface area contributed by atoms with Crippen molar-refractivity contribution in [1.82, 2.24) is 9.88 Å². The lowest BCUT2D eigenvalue weighted by Gasteiger charge is -2.38. The van der Waals surface area contributed by atoms with E-state index in [2.05, 4.69) is 34.6 Å². The van der Waals surface area contributed by atoms with E-state index in [1.54, 1.807) is 6.07 Å². The van der Waals surface area contributed by atoms with E-state index in [0.29, 0.717) is 18.8 Å². The number of amides is 2. The summed E-state index contributed by atoms with van der Waals surface area (Å²) >= 11 is 0. The molecule has 1 aliphatic carbocycles. The maximum atomic E-state index is 12.5. The summed E-state index contributed by atoms with van der Waals surface area (Å²) in [4.78, 5) is 41.1. The van der Waals surface area contributed by atoms with E-state index in [0.717, 1.165) is 22.3 Å². The molecule has 0 spiro atoms. The number of carbonyl (C=O) groups excluding carboxylic acids is 2. The normalized spacial score (nSPS) is 14.6. The molecule has 2 heterocycles. The van der Waals surface area contributed by atoms with Gasteiger partial charge in [0.05, 0.1) is 18.0 Å². The average Bonchev–Trinajstić information content (AvgIpc) is 3.15. The van der Waals surface area contributed by atoms with Crippen LogP contribution in [0.3, 0.4) is 0 Å². The smallest absolute Gasteiger partial charge is 0.411 e. The molecule has 9 heteroatoms. The molecule has 2 aliphatic rings. The third-order valence-corrected chi connectivity index (χ3v) is 6.15. The standard InChI is InChI=1S/C26H23N3O6/c30-24(31)15-34-17-12-29(13-17)25(32)23-10-9-16(11-27-23)28-26(33)35-14-22-20-7-3-1-5-18(20)19-6-2-4-8-21(19)22/h1-11,17,22H,12-15H2,(H,28,33)(H,30,31). The van der Waals surface area contributed by atoms with Crippen LogP contribution in [-0.2, 0) is 14.3 Å². The first-order valence-electron chi connectivity index (χ1n) is 11.2. The second kappa shape index (κ2) is 9.55. The summed E-state index contributed by atoms with van der Waals surface area (Å²) in [6.45, 7) is 0.437. The van der Waals surface area contributed by atoms with Gasteiger partial charge in [-0.05, 0) is 34.4 Å². The summed E-state index contributed by atoms with van der Waals surface area (Å²) in [6.07, 6.45) is 0.505. The van der Waals surface area contributed by atoms with Gasteiger partial charge in [0, 0.05) is 19.0 Å². The number of carboxylic acids is 1. The molecular formula is C26H23N3O6. The average molecular weight is 473 g/mol. The summed E-state index contributed by atoms with van der Waals surface area (Å²) in [7, 11) is 0. The van der Waals surface area contributed by atoms with Crippen molar-refractivity contribution in [2.24, 2.45) is 0 Å². The molecule has 1 aromatic heterocycles. The molecule has 0 saturated carbocycles. The van der Waals surface area contributed by atoms with Crippen LogP contribution in [0.2, 0.25) is 0 Å². The molecule has 0 atom stereocenters. The zero-order valence-electron chi connectivity index (χ0n) is 18.7. The summed E-state index contributed by atoms with van der Waals surface area (Å²) in [5.41, 5.74) is 5.21. The number of likely N-dealkylation sites (tertiary alicyclic amines) is 1. The van der Waals surface area contributed by atoms with Crippen molar-refractivity contribution in [3.63, 3.8) is 0 Å². The summed E-state index contributed by atoms with van der Waals surface area (Å²) in [5, 5.41) is 11.3. The van der Waals surface area contributed by atoms with Gasteiger partial charge in [-0.1, -0.05) is 48.5 Å². The summed E-state index contributed by atoms with van der Waals surface area (Å²) in [5.74, 6) is -1.37.